The number of carbonyl (C=O) groups excluding carboxylic acids is 3. The minimum atomic E-state index is -0.413. The van der Waals surface area contributed by atoms with E-state index in [0.29, 0.717) is 13.1 Å². The molecular weight excluding hydrogens is 378 g/mol. The fourth-order valence-electron chi connectivity index (χ4n) is 3.75. The van der Waals surface area contributed by atoms with Gasteiger partial charge in [0.2, 0.25) is 17.7 Å². The molecule has 1 aliphatic heterocycles. The maximum absolute atomic E-state index is 12.8. The molecule has 2 aromatic carbocycles. The monoisotopic (exact) mass is 407 g/mol. The maximum atomic E-state index is 12.8. The van der Waals surface area contributed by atoms with Crippen LogP contribution in [0.3, 0.4) is 0 Å². The van der Waals surface area contributed by atoms with Crippen LogP contribution in [0.15, 0.2) is 48.5 Å². The van der Waals surface area contributed by atoms with Crippen molar-refractivity contribution in [3.05, 3.63) is 65.2 Å². The average Bonchev–Trinajstić information content (AvgIpc) is 3.09. The van der Waals surface area contributed by atoms with Gasteiger partial charge in [0.15, 0.2) is 0 Å². The number of carbonyl (C=O) groups is 3. The number of hydrogen-bond donors (Lipinski definition) is 1. The minimum absolute atomic E-state index is 0.0244. The average molecular weight is 408 g/mol. The van der Waals surface area contributed by atoms with Gasteiger partial charge in [-0.25, -0.2) is 0 Å². The highest BCUT2D eigenvalue weighted by Crippen LogP contribution is 2.22. The van der Waals surface area contributed by atoms with Gasteiger partial charge in [0, 0.05) is 32.2 Å². The first kappa shape index (κ1) is 21.6. The molecule has 0 aliphatic carbocycles. The molecule has 1 fully saturated rings. The second-order valence-electron chi connectivity index (χ2n) is 7.91. The van der Waals surface area contributed by atoms with Gasteiger partial charge in [-0.3, -0.25) is 14.4 Å². The zero-order valence-corrected chi connectivity index (χ0v) is 17.9. The van der Waals surface area contributed by atoms with Crippen LogP contribution in [-0.2, 0) is 27.3 Å². The van der Waals surface area contributed by atoms with E-state index in [1.54, 1.807) is 11.9 Å². The Bertz CT molecular complexity index is 924. The second-order valence-corrected chi connectivity index (χ2v) is 7.91. The molecule has 0 aromatic heterocycles. The lowest BCUT2D eigenvalue weighted by Crippen LogP contribution is -2.39. The number of para-hydroxylation sites is 1. The van der Waals surface area contributed by atoms with Crippen LogP contribution in [0.4, 0.5) is 5.69 Å². The van der Waals surface area contributed by atoms with Crippen molar-refractivity contribution in [3.8, 4) is 0 Å². The van der Waals surface area contributed by atoms with Gasteiger partial charge in [-0.15, -0.1) is 0 Å². The van der Waals surface area contributed by atoms with Crippen molar-refractivity contribution >= 4 is 23.4 Å². The predicted molar refractivity (Wildman–Crippen MR) is 117 cm³/mol. The Labute approximate surface area is 177 Å². The Morgan fingerprint density at radius 1 is 1.13 bits per heavy atom. The van der Waals surface area contributed by atoms with E-state index < -0.39 is 5.92 Å². The van der Waals surface area contributed by atoms with Crippen LogP contribution in [-0.4, -0.2) is 47.7 Å². The van der Waals surface area contributed by atoms with Crippen LogP contribution in [0.25, 0.3) is 0 Å². The number of benzene rings is 2. The van der Waals surface area contributed by atoms with E-state index in [0.717, 1.165) is 23.2 Å². The molecule has 1 aliphatic rings. The zero-order chi connectivity index (χ0) is 21.7. The van der Waals surface area contributed by atoms with Crippen LogP contribution in [0.5, 0.6) is 0 Å². The summed E-state index contributed by atoms with van der Waals surface area (Å²) in [6, 6.07) is 15.7. The van der Waals surface area contributed by atoms with Crippen molar-refractivity contribution < 1.29 is 14.4 Å². The smallest absolute Gasteiger partial charge is 0.243 e. The highest BCUT2D eigenvalue weighted by atomic mass is 16.2. The van der Waals surface area contributed by atoms with E-state index in [9.17, 15) is 14.4 Å². The Balaban J connectivity index is 1.54. The molecule has 1 atom stereocenters. The summed E-state index contributed by atoms with van der Waals surface area (Å²) < 4.78 is 0. The quantitative estimate of drug-likeness (QED) is 0.767. The molecule has 0 saturated carbocycles. The number of amides is 3. The van der Waals surface area contributed by atoms with Crippen molar-refractivity contribution in [3.63, 3.8) is 0 Å². The van der Waals surface area contributed by atoms with Gasteiger partial charge in [0.25, 0.3) is 0 Å². The number of aryl methyl sites for hydroxylation is 2. The fraction of sp³-hybridized carbons (Fsp3) is 0.375. The van der Waals surface area contributed by atoms with E-state index in [1.807, 2.05) is 62.4 Å². The molecule has 1 N–H and O–H groups in total. The molecule has 0 spiro atoms. The summed E-state index contributed by atoms with van der Waals surface area (Å²) in [6.07, 6.45) is 1.00. The van der Waals surface area contributed by atoms with Crippen LogP contribution >= 0.6 is 0 Å². The minimum Gasteiger partial charge on any atom is -0.338 e. The van der Waals surface area contributed by atoms with Crippen molar-refractivity contribution in [2.75, 3.05) is 25.5 Å². The second kappa shape index (κ2) is 9.57. The molecule has 6 nitrogen and oxygen atoms in total. The fourth-order valence-corrected chi connectivity index (χ4v) is 3.75. The molecule has 158 valence electrons. The van der Waals surface area contributed by atoms with Gasteiger partial charge in [0.05, 0.1) is 12.5 Å². The van der Waals surface area contributed by atoms with Crippen molar-refractivity contribution in [2.45, 2.75) is 33.2 Å². The molecule has 6 heteroatoms. The summed E-state index contributed by atoms with van der Waals surface area (Å²) in [6.45, 7) is 4.89. The molecule has 1 heterocycles. The van der Waals surface area contributed by atoms with Gasteiger partial charge in [-0.1, -0.05) is 55.0 Å². The molecule has 0 radical (unpaired) electrons. The maximum Gasteiger partial charge on any atom is 0.243 e. The lowest BCUT2D eigenvalue weighted by Gasteiger charge is -2.21. The number of rotatable bonds is 7. The van der Waals surface area contributed by atoms with Crippen LogP contribution in [0.2, 0.25) is 0 Å². The normalized spacial score (nSPS) is 15.9. The number of anilines is 1. The molecule has 3 rings (SSSR count). The standard InChI is InChI=1S/C24H29N3O3/c1-4-19-7-5-6-8-21(19)25-22(28)16-26(3)24(30)20-13-23(29)27(15-20)14-18-11-9-17(2)10-12-18/h5-12,20H,4,13-16H2,1-3H3,(H,25,28)/t20-/m1/s1. The third-order valence-corrected chi connectivity index (χ3v) is 5.49. The van der Waals surface area contributed by atoms with Crippen LogP contribution in [0, 0.1) is 12.8 Å². The Hall–Kier alpha value is -3.15. The number of nitrogens with one attached hydrogen (secondary N) is 1. The summed E-state index contributed by atoms with van der Waals surface area (Å²) in [7, 11) is 1.61. The van der Waals surface area contributed by atoms with Gasteiger partial charge < -0.3 is 15.1 Å². The SMILES string of the molecule is CCc1ccccc1NC(=O)CN(C)C(=O)[C@@H]1CC(=O)N(Cc2ccc(C)cc2)C1. The first-order valence-corrected chi connectivity index (χ1v) is 10.3. The summed E-state index contributed by atoms with van der Waals surface area (Å²) in [5.74, 6) is -0.853. The van der Waals surface area contributed by atoms with E-state index in [4.69, 9.17) is 0 Å². The third-order valence-electron chi connectivity index (χ3n) is 5.49. The Morgan fingerprint density at radius 2 is 1.83 bits per heavy atom. The molecule has 0 bridgehead atoms. The summed E-state index contributed by atoms with van der Waals surface area (Å²) in [5, 5.41) is 2.88. The van der Waals surface area contributed by atoms with Gasteiger partial charge in [-0.2, -0.15) is 0 Å². The number of likely N-dealkylation sites (N-methyl/N-ethyl adjacent to an activating group) is 1. The molecule has 3 amide bonds. The lowest BCUT2D eigenvalue weighted by molar-refractivity contribution is -0.137. The van der Waals surface area contributed by atoms with E-state index in [2.05, 4.69) is 5.32 Å². The molecule has 1 saturated heterocycles. The number of likely N-dealkylation sites (tertiary alicyclic amines) is 1. The molecule has 2 aromatic rings. The first-order chi connectivity index (χ1) is 14.4. The highest BCUT2D eigenvalue weighted by Gasteiger charge is 2.36. The van der Waals surface area contributed by atoms with Crippen LogP contribution in [0.1, 0.15) is 30.0 Å². The van der Waals surface area contributed by atoms with E-state index >= 15 is 0 Å². The van der Waals surface area contributed by atoms with Crippen LogP contribution < -0.4 is 5.32 Å². The first-order valence-electron chi connectivity index (χ1n) is 10.3. The highest BCUT2D eigenvalue weighted by molar-refractivity contribution is 5.96. The van der Waals surface area contributed by atoms with E-state index in [-0.39, 0.29) is 30.7 Å². The zero-order valence-electron chi connectivity index (χ0n) is 17.9. The van der Waals surface area contributed by atoms with Crippen molar-refractivity contribution in [2.24, 2.45) is 5.92 Å². The predicted octanol–water partition coefficient (Wildman–Crippen LogP) is 3.00. The lowest BCUT2D eigenvalue weighted by atomic mass is 10.1. The molecular formula is C24H29N3O3. The molecule has 0 unspecified atom stereocenters. The number of hydrogen-bond acceptors (Lipinski definition) is 3. The topological polar surface area (TPSA) is 69.7 Å². The van der Waals surface area contributed by atoms with E-state index in [1.165, 1.54) is 10.5 Å². The number of nitrogens with zero attached hydrogens (tertiary/aromatic N) is 2. The van der Waals surface area contributed by atoms with Crippen molar-refractivity contribution in [1.82, 2.24) is 9.80 Å². The Morgan fingerprint density at radius 3 is 2.53 bits per heavy atom. The van der Waals surface area contributed by atoms with Gasteiger partial charge in [0.1, 0.15) is 0 Å². The summed E-state index contributed by atoms with van der Waals surface area (Å²) in [5.41, 5.74) is 4.03. The Kier molecular flexibility index (Phi) is 6.87. The summed E-state index contributed by atoms with van der Waals surface area (Å²) in [4.78, 5) is 40.8. The third kappa shape index (κ3) is 5.26. The van der Waals surface area contributed by atoms with Gasteiger partial charge >= 0.3 is 0 Å². The van der Waals surface area contributed by atoms with Crippen molar-refractivity contribution in [1.29, 1.82) is 0 Å². The summed E-state index contributed by atoms with van der Waals surface area (Å²) >= 11 is 0. The molecule has 30 heavy (non-hydrogen) atoms. The largest absolute Gasteiger partial charge is 0.338 e. The van der Waals surface area contributed by atoms with Gasteiger partial charge in [-0.05, 0) is 30.5 Å².